The van der Waals surface area contributed by atoms with Crippen molar-refractivity contribution >= 4 is 17.7 Å². The van der Waals surface area contributed by atoms with Crippen molar-refractivity contribution in [3.63, 3.8) is 0 Å². The van der Waals surface area contributed by atoms with Crippen molar-refractivity contribution in [2.45, 2.75) is 24.8 Å². The third-order valence-electron chi connectivity index (χ3n) is 2.53. The number of rotatable bonds is 4. The van der Waals surface area contributed by atoms with Crippen LogP contribution in [0.1, 0.15) is 27.3 Å². The Hall–Kier alpha value is -1.95. The lowest BCUT2D eigenvalue weighted by Crippen LogP contribution is -1.99. The normalized spacial score (nSPS) is 10.6. The predicted octanol–water partition coefficient (Wildman–Crippen LogP) is 3.22. The molecule has 4 nitrogen and oxygen atoms in total. The van der Waals surface area contributed by atoms with Gasteiger partial charge in [-0.2, -0.15) is 0 Å². The molecule has 0 aliphatic rings. The van der Waals surface area contributed by atoms with E-state index in [2.05, 4.69) is 9.97 Å². The molecule has 0 aliphatic heterocycles. The minimum absolute atomic E-state index is 0.0538. The van der Waals surface area contributed by atoms with Crippen molar-refractivity contribution in [3.8, 4) is 0 Å². The highest BCUT2D eigenvalue weighted by Crippen LogP contribution is 2.21. The van der Waals surface area contributed by atoms with Gasteiger partial charge in [0.25, 0.3) is 0 Å². The van der Waals surface area contributed by atoms with Crippen LogP contribution in [0.25, 0.3) is 0 Å². The molecule has 2 rings (SSSR count). The summed E-state index contributed by atoms with van der Waals surface area (Å²) in [7, 11) is 0. The molecular formula is C14H13FN2O2S. The van der Waals surface area contributed by atoms with E-state index in [0.717, 1.165) is 17.5 Å². The highest BCUT2D eigenvalue weighted by Gasteiger charge is 2.08. The van der Waals surface area contributed by atoms with Crippen molar-refractivity contribution in [1.29, 1.82) is 0 Å². The van der Waals surface area contributed by atoms with Crippen LogP contribution in [-0.4, -0.2) is 21.0 Å². The van der Waals surface area contributed by atoms with Crippen LogP contribution in [-0.2, 0) is 5.75 Å². The van der Waals surface area contributed by atoms with Gasteiger partial charge in [-0.3, -0.25) is 0 Å². The van der Waals surface area contributed by atoms with E-state index in [9.17, 15) is 9.18 Å². The van der Waals surface area contributed by atoms with Crippen molar-refractivity contribution in [2.24, 2.45) is 0 Å². The van der Waals surface area contributed by atoms with Crippen LogP contribution in [0.15, 0.2) is 29.4 Å². The summed E-state index contributed by atoms with van der Waals surface area (Å²) in [4.78, 5) is 19.4. The van der Waals surface area contributed by atoms with Gasteiger partial charge in [0.15, 0.2) is 5.16 Å². The number of carbonyl (C=O) groups is 1. The van der Waals surface area contributed by atoms with E-state index in [-0.39, 0.29) is 5.56 Å². The first kappa shape index (κ1) is 14.5. The number of benzene rings is 1. The fourth-order valence-electron chi connectivity index (χ4n) is 1.76. The Morgan fingerprint density at radius 2 is 1.85 bits per heavy atom. The minimum atomic E-state index is -1.14. The number of halogens is 1. The molecule has 0 unspecified atom stereocenters. The van der Waals surface area contributed by atoms with E-state index in [0.29, 0.717) is 16.5 Å². The molecule has 1 aromatic heterocycles. The van der Waals surface area contributed by atoms with Crippen LogP contribution in [0.4, 0.5) is 4.39 Å². The number of aryl methyl sites for hydroxylation is 2. The molecule has 0 saturated carbocycles. The minimum Gasteiger partial charge on any atom is -0.478 e. The smallest absolute Gasteiger partial charge is 0.335 e. The molecule has 104 valence electrons. The van der Waals surface area contributed by atoms with Crippen molar-refractivity contribution in [1.82, 2.24) is 9.97 Å². The fourth-order valence-corrected chi connectivity index (χ4v) is 2.64. The Morgan fingerprint density at radius 1 is 1.20 bits per heavy atom. The highest BCUT2D eigenvalue weighted by atomic mass is 32.2. The molecule has 0 saturated heterocycles. The van der Waals surface area contributed by atoms with Crippen LogP contribution in [0, 0.1) is 19.7 Å². The zero-order valence-electron chi connectivity index (χ0n) is 11.1. The standard InChI is InChI=1S/C14H13FN2O2S/c1-8-3-9(2)17-14(16-8)20-7-10-4-11(13(18)19)6-12(15)5-10/h3-6H,7H2,1-2H3,(H,18,19). The summed E-state index contributed by atoms with van der Waals surface area (Å²) >= 11 is 1.35. The lowest BCUT2D eigenvalue weighted by atomic mass is 10.1. The van der Waals surface area contributed by atoms with E-state index in [1.807, 2.05) is 19.9 Å². The summed E-state index contributed by atoms with van der Waals surface area (Å²) < 4.78 is 13.3. The molecule has 1 aromatic carbocycles. The van der Waals surface area contributed by atoms with Crippen LogP contribution < -0.4 is 0 Å². The zero-order valence-corrected chi connectivity index (χ0v) is 11.9. The number of aromatic carboxylic acids is 1. The summed E-state index contributed by atoms with van der Waals surface area (Å²) in [6.07, 6.45) is 0. The summed E-state index contributed by atoms with van der Waals surface area (Å²) in [6, 6.07) is 5.65. The van der Waals surface area contributed by atoms with Gasteiger partial charge in [-0.05, 0) is 43.7 Å². The van der Waals surface area contributed by atoms with Gasteiger partial charge in [0.1, 0.15) is 5.82 Å². The van der Waals surface area contributed by atoms with Gasteiger partial charge < -0.3 is 5.11 Å². The number of nitrogens with zero attached hydrogens (tertiary/aromatic N) is 2. The topological polar surface area (TPSA) is 63.1 Å². The number of thioether (sulfide) groups is 1. The first-order valence-electron chi connectivity index (χ1n) is 5.92. The van der Waals surface area contributed by atoms with Crippen molar-refractivity contribution in [2.75, 3.05) is 0 Å². The number of hydrogen-bond acceptors (Lipinski definition) is 4. The predicted molar refractivity (Wildman–Crippen MR) is 74.4 cm³/mol. The monoisotopic (exact) mass is 292 g/mol. The Kier molecular flexibility index (Phi) is 4.34. The molecule has 1 heterocycles. The van der Waals surface area contributed by atoms with E-state index < -0.39 is 11.8 Å². The second-order valence-electron chi connectivity index (χ2n) is 4.38. The number of carboxylic acids is 1. The maximum atomic E-state index is 13.3. The summed E-state index contributed by atoms with van der Waals surface area (Å²) in [6.45, 7) is 3.76. The molecule has 0 amide bonds. The third kappa shape index (κ3) is 3.77. The third-order valence-corrected chi connectivity index (χ3v) is 3.45. The van der Waals surface area contributed by atoms with Gasteiger partial charge >= 0.3 is 5.97 Å². The van der Waals surface area contributed by atoms with Crippen LogP contribution >= 0.6 is 11.8 Å². The zero-order chi connectivity index (χ0) is 14.7. The van der Waals surface area contributed by atoms with Gasteiger partial charge in [-0.25, -0.2) is 19.2 Å². The van der Waals surface area contributed by atoms with Gasteiger partial charge in [0.05, 0.1) is 5.56 Å². The van der Waals surface area contributed by atoms with E-state index in [1.165, 1.54) is 23.9 Å². The molecule has 0 fully saturated rings. The van der Waals surface area contributed by atoms with E-state index >= 15 is 0 Å². The lowest BCUT2D eigenvalue weighted by Gasteiger charge is -2.05. The highest BCUT2D eigenvalue weighted by molar-refractivity contribution is 7.98. The molecule has 20 heavy (non-hydrogen) atoms. The Bertz CT molecular complexity index is 641. The second-order valence-corrected chi connectivity index (χ2v) is 5.32. The molecule has 0 radical (unpaired) electrons. The van der Waals surface area contributed by atoms with Crippen LogP contribution in [0.2, 0.25) is 0 Å². The van der Waals surface area contributed by atoms with Crippen LogP contribution in [0.3, 0.4) is 0 Å². The molecule has 0 spiro atoms. The number of carboxylic acid groups (broad SMARTS) is 1. The van der Waals surface area contributed by atoms with Gasteiger partial charge in [0.2, 0.25) is 0 Å². The number of aromatic nitrogens is 2. The maximum absolute atomic E-state index is 13.3. The lowest BCUT2D eigenvalue weighted by molar-refractivity contribution is 0.0696. The Balaban J connectivity index is 2.16. The molecule has 0 atom stereocenters. The maximum Gasteiger partial charge on any atom is 0.335 e. The molecule has 2 aromatic rings. The molecule has 1 N–H and O–H groups in total. The van der Waals surface area contributed by atoms with Crippen molar-refractivity contribution in [3.05, 3.63) is 52.6 Å². The molecule has 6 heteroatoms. The summed E-state index contributed by atoms with van der Waals surface area (Å²) in [5.41, 5.74) is 2.27. The molecule has 0 bridgehead atoms. The fraction of sp³-hybridized carbons (Fsp3) is 0.214. The Labute approximate surface area is 120 Å². The van der Waals surface area contributed by atoms with E-state index in [4.69, 9.17) is 5.11 Å². The Morgan fingerprint density at radius 3 is 2.45 bits per heavy atom. The van der Waals surface area contributed by atoms with Crippen molar-refractivity contribution < 1.29 is 14.3 Å². The average Bonchev–Trinajstić information content (AvgIpc) is 2.34. The summed E-state index contributed by atoms with van der Waals surface area (Å²) in [5.74, 6) is -1.28. The van der Waals surface area contributed by atoms with Gasteiger partial charge in [-0.15, -0.1) is 0 Å². The van der Waals surface area contributed by atoms with Gasteiger partial charge in [0, 0.05) is 17.1 Å². The van der Waals surface area contributed by atoms with Gasteiger partial charge in [-0.1, -0.05) is 11.8 Å². The van der Waals surface area contributed by atoms with E-state index in [1.54, 1.807) is 0 Å². The largest absolute Gasteiger partial charge is 0.478 e. The summed E-state index contributed by atoms with van der Waals surface area (Å²) in [5, 5.41) is 9.49. The average molecular weight is 292 g/mol. The first-order valence-corrected chi connectivity index (χ1v) is 6.90. The first-order chi connectivity index (χ1) is 9.44. The number of hydrogen-bond donors (Lipinski definition) is 1. The second kappa shape index (κ2) is 6.00. The van der Waals surface area contributed by atoms with Crippen LogP contribution in [0.5, 0.6) is 0 Å². The molecular weight excluding hydrogens is 279 g/mol. The molecule has 0 aliphatic carbocycles. The quantitative estimate of drug-likeness (QED) is 0.692. The SMILES string of the molecule is Cc1cc(C)nc(SCc2cc(F)cc(C(=O)O)c2)n1.